The topological polar surface area (TPSA) is 56.3 Å². The number of halogens is 3. The maximum atomic E-state index is 12.5. The number of rotatable bonds is 6. The molecule has 0 bridgehead atoms. The number of nitrogens with zero attached hydrogens (tertiary/aromatic N) is 2. The molecule has 0 spiro atoms. The molecule has 0 aliphatic carbocycles. The van der Waals surface area contributed by atoms with E-state index in [0.29, 0.717) is 22.9 Å². The van der Waals surface area contributed by atoms with Crippen molar-refractivity contribution in [2.24, 2.45) is 0 Å². The van der Waals surface area contributed by atoms with Crippen LogP contribution in [0, 0.1) is 6.92 Å². The first-order chi connectivity index (χ1) is 13.7. The Bertz CT molecular complexity index is 993. The van der Waals surface area contributed by atoms with Crippen LogP contribution >= 0.6 is 0 Å². The van der Waals surface area contributed by atoms with E-state index in [1.807, 2.05) is 31.2 Å². The Balaban J connectivity index is 1.85. The highest BCUT2D eigenvalue weighted by atomic mass is 19.4. The Labute approximate surface area is 166 Å². The largest absolute Gasteiger partial charge is 0.573 e. The van der Waals surface area contributed by atoms with E-state index < -0.39 is 6.36 Å². The maximum absolute atomic E-state index is 12.5. The molecule has 0 aliphatic rings. The second-order valence-corrected chi connectivity index (χ2v) is 6.40. The van der Waals surface area contributed by atoms with E-state index in [1.165, 1.54) is 18.2 Å². The average molecular weight is 403 g/mol. The third-order valence-corrected chi connectivity index (χ3v) is 4.16. The van der Waals surface area contributed by atoms with Gasteiger partial charge in [0.1, 0.15) is 23.1 Å². The van der Waals surface area contributed by atoms with Crippen molar-refractivity contribution in [2.75, 3.05) is 12.4 Å². The van der Waals surface area contributed by atoms with Gasteiger partial charge in [0.2, 0.25) is 0 Å². The minimum absolute atomic E-state index is 0.0767. The molecule has 1 heterocycles. The summed E-state index contributed by atoms with van der Waals surface area (Å²) in [4.78, 5) is 8.73. The van der Waals surface area contributed by atoms with Crippen LogP contribution in [0.4, 0.5) is 19.0 Å². The van der Waals surface area contributed by atoms with E-state index in [1.54, 1.807) is 26.2 Å². The van der Waals surface area contributed by atoms with E-state index in [4.69, 9.17) is 4.74 Å². The summed E-state index contributed by atoms with van der Waals surface area (Å²) in [6.45, 7) is 3.70. The Kier molecular flexibility index (Phi) is 5.91. The number of hydrogen-bond acceptors (Lipinski definition) is 5. The second kappa shape index (κ2) is 8.38. The molecule has 5 nitrogen and oxygen atoms in total. The third kappa shape index (κ3) is 5.60. The van der Waals surface area contributed by atoms with E-state index in [-0.39, 0.29) is 11.8 Å². The lowest BCUT2D eigenvalue weighted by molar-refractivity contribution is -0.274. The van der Waals surface area contributed by atoms with Crippen LogP contribution in [0.2, 0.25) is 0 Å². The van der Waals surface area contributed by atoms with E-state index in [0.717, 1.165) is 11.3 Å². The SMILES string of the molecule is COc1cccc(C(C)Nc2cc(-c3cccc(OC(F)(F)F)c3)nc(C)n2)c1. The number of ether oxygens (including phenoxy) is 2. The highest BCUT2D eigenvalue weighted by molar-refractivity contribution is 5.64. The fraction of sp³-hybridized carbons (Fsp3) is 0.238. The van der Waals surface area contributed by atoms with Crippen LogP contribution in [0.5, 0.6) is 11.5 Å². The molecule has 1 atom stereocenters. The van der Waals surface area contributed by atoms with Crippen LogP contribution < -0.4 is 14.8 Å². The standard InChI is InChI=1S/C21H20F3N3O2/c1-13(15-6-4-8-17(10-15)28-3)25-20-12-19(26-14(2)27-20)16-7-5-9-18(11-16)29-21(22,23)24/h4-13H,1-3H3,(H,25,26,27). The van der Waals surface area contributed by atoms with Gasteiger partial charge in [-0.2, -0.15) is 0 Å². The zero-order chi connectivity index (χ0) is 21.0. The molecule has 1 N–H and O–H groups in total. The van der Waals surface area contributed by atoms with Gasteiger partial charge in [0.25, 0.3) is 0 Å². The van der Waals surface area contributed by atoms with Crippen molar-refractivity contribution in [1.82, 2.24) is 9.97 Å². The molecule has 1 aromatic heterocycles. The number of nitrogens with one attached hydrogen (secondary N) is 1. The first-order valence-corrected chi connectivity index (χ1v) is 8.86. The molecular weight excluding hydrogens is 383 g/mol. The monoisotopic (exact) mass is 403 g/mol. The Morgan fingerprint density at radius 1 is 0.966 bits per heavy atom. The molecule has 0 saturated heterocycles. The van der Waals surface area contributed by atoms with Crippen molar-refractivity contribution < 1.29 is 22.6 Å². The first-order valence-electron chi connectivity index (χ1n) is 8.86. The smallest absolute Gasteiger partial charge is 0.497 e. The van der Waals surface area contributed by atoms with E-state index >= 15 is 0 Å². The van der Waals surface area contributed by atoms with Gasteiger partial charge in [-0.05, 0) is 43.7 Å². The minimum Gasteiger partial charge on any atom is -0.497 e. The summed E-state index contributed by atoms with van der Waals surface area (Å²) in [6, 6.07) is 15.0. The second-order valence-electron chi connectivity index (χ2n) is 6.40. The number of aryl methyl sites for hydroxylation is 1. The van der Waals surface area contributed by atoms with Gasteiger partial charge in [0.15, 0.2) is 0 Å². The Morgan fingerprint density at radius 2 is 1.69 bits per heavy atom. The Hall–Kier alpha value is -3.29. The first kappa shape index (κ1) is 20.4. The van der Waals surface area contributed by atoms with Crippen molar-refractivity contribution in [3.05, 3.63) is 66.0 Å². The highest BCUT2D eigenvalue weighted by Crippen LogP contribution is 2.29. The van der Waals surface area contributed by atoms with E-state index in [9.17, 15) is 13.2 Å². The summed E-state index contributed by atoms with van der Waals surface area (Å²) in [5.41, 5.74) is 1.99. The van der Waals surface area contributed by atoms with Gasteiger partial charge in [-0.15, -0.1) is 13.2 Å². The van der Waals surface area contributed by atoms with Crippen molar-refractivity contribution in [3.63, 3.8) is 0 Å². The highest BCUT2D eigenvalue weighted by Gasteiger charge is 2.31. The van der Waals surface area contributed by atoms with Crippen molar-refractivity contribution >= 4 is 5.82 Å². The lowest BCUT2D eigenvalue weighted by atomic mass is 10.1. The van der Waals surface area contributed by atoms with Crippen molar-refractivity contribution in [2.45, 2.75) is 26.3 Å². The van der Waals surface area contributed by atoms with Gasteiger partial charge in [-0.3, -0.25) is 0 Å². The fourth-order valence-electron chi connectivity index (χ4n) is 2.86. The molecule has 29 heavy (non-hydrogen) atoms. The molecule has 3 rings (SSSR count). The molecule has 0 radical (unpaired) electrons. The van der Waals surface area contributed by atoms with Gasteiger partial charge >= 0.3 is 6.36 Å². The lowest BCUT2D eigenvalue weighted by Crippen LogP contribution is -2.17. The predicted octanol–water partition coefficient (Wildman–Crippen LogP) is 5.53. The van der Waals surface area contributed by atoms with Crippen molar-refractivity contribution in [1.29, 1.82) is 0 Å². The zero-order valence-corrected chi connectivity index (χ0v) is 16.1. The van der Waals surface area contributed by atoms with Crippen LogP contribution in [-0.4, -0.2) is 23.4 Å². The molecular formula is C21H20F3N3O2. The van der Waals surface area contributed by atoms with Crippen LogP contribution in [0.15, 0.2) is 54.6 Å². The molecule has 0 fully saturated rings. The van der Waals surface area contributed by atoms with Crippen LogP contribution in [-0.2, 0) is 0 Å². The molecule has 0 saturated carbocycles. The lowest BCUT2D eigenvalue weighted by Gasteiger charge is -2.17. The Morgan fingerprint density at radius 3 is 2.41 bits per heavy atom. The van der Waals surface area contributed by atoms with E-state index in [2.05, 4.69) is 20.0 Å². The van der Waals surface area contributed by atoms with Crippen LogP contribution in [0.3, 0.4) is 0 Å². The molecule has 0 aliphatic heterocycles. The van der Waals surface area contributed by atoms with Gasteiger partial charge in [-0.25, -0.2) is 9.97 Å². The average Bonchev–Trinajstić information content (AvgIpc) is 2.66. The summed E-state index contributed by atoms with van der Waals surface area (Å²) in [5.74, 6) is 1.50. The van der Waals surface area contributed by atoms with Crippen LogP contribution in [0.25, 0.3) is 11.3 Å². The molecule has 8 heteroatoms. The minimum atomic E-state index is -4.75. The summed E-state index contributed by atoms with van der Waals surface area (Å²) in [6.07, 6.45) is -4.75. The molecule has 0 amide bonds. The number of methoxy groups -OCH3 is 1. The molecule has 1 unspecified atom stereocenters. The van der Waals surface area contributed by atoms with Gasteiger partial charge in [-0.1, -0.05) is 24.3 Å². The van der Waals surface area contributed by atoms with Gasteiger partial charge < -0.3 is 14.8 Å². The van der Waals surface area contributed by atoms with Gasteiger partial charge in [0.05, 0.1) is 18.8 Å². The number of benzene rings is 2. The summed E-state index contributed by atoms with van der Waals surface area (Å²) in [5, 5.41) is 3.30. The summed E-state index contributed by atoms with van der Waals surface area (Å²) >= 11 is 0. The number of hydrogen-bond donors (Lipinski definition) is 1. The van der Waals surface area contributed by atoms with Crippen molar-refractivity contribution in [3.8, 4) is 22.8 Å². The van der Waals surface area contributed by atoms with Crippen LogP contribution in [0.1, 0.15) is 24.4 Å². The molecule has 3 aromatic rings. The fourth-order valence-corrected chi connectivity index (χ4v) is 2.86. The number of alkyl halides is 3. The maximum Gasteiger partial charge on any atom is 0.573 e. The molecule has 2 aromatic carbocycles. The zero-order valence-electron chi connectivity index (χ0n) is 16.1. The molecule has 152 valence electrons. The van der Waals surface area contributed by atoms with Gasteiger partial charge in [0, 0.05) is 11.6 Å². The number of anilines is 1. The summed E-state index contributed by atoms with van der Waals surface area (Å²) < 4.78 is 46.7. The summed E-state index contributed by atoms with van der Waals surface area (Å²) in [7, 11) is 1.61. The quantitative estimate of drug-likeness (QED) is 0.586. The normalized spacial score (nSPS) is 12.3. The third-order valence-electron chi connectivity index (χ3n) is 4.16. The predicted molar refractivity (Wildman–Crippen MR) is 104 cm³/mol. The number of aromatic nitrogens is 2.